The van der Waals surface area contributed by atoms with Crippen molar-refractivity contribution in [3.63, 3.8) is 0 Å². The number of aromatic nitrogens is 2. The number of rotatable bonds is 3. The number of pyridine rings is 1. The van der Waals surface area contributed by atoms with Crippen LogP contribution in [0.15, 0.2) is 42.2 Å². The topological polar surface area (TPSA) is 106 Å². The zero-order valence-electron chi connectivity index (χ0n) is 19.2. The van der Waals surface area contributed by atoms with Gasteiger partial charge in [-0.3, -0.25) is 4.79 Å². The Morgan fingerprint density at radius 2 is 1.82 bits per heavy atom. The fraction of sp³-hybridized carbons (Fsp3) is 0.360. The molecule has 2 aromatic heterocycles. The number of benzene rings is 1. The van der Waals surface area contributed by atoms with E-state index in [9.17, 15) is 14.4 Å². The molecular weight excluding hydrogens is 440 g/mol. The number of fused-ring (bicyclic) bond motifs is 4. The quantitative estimate of drug-likeness (QED) is 0.429. The van der Waals surface area contributed by atoms with Gasteiger partial charge in [-0.25, -0.2) is 14.6 Å². The molecule has 1 aromatic carbocycles. The predicted molar refractivity (Wildman–Crippen MR) is 121 cm³/mol. The van der Waals surface area contributed by atoms with Crippen LogP contribution in [-0.4, -0.2) is 48.0 Å². The molecule has 34 heavy (non-hydrogen) atoms. The lowest BCUT2D eigenvalue weighted by Gasteiger charge is -2.39. The molecule has 3 aromatic rings. The Bertz CT molecular complexity index is 1370. The number of para-hydroxylation sites is 1. The van der Waals surface area contributed by atoms with Crippen LogP contribution in [0.2, 0.25) is 0 Å². The summed E-state index contributed by atoms with van der Waals surface area (Å²) in [6.45, 7) is 3.33. The smallest absolute Gasteiger partial charge is 0.356 e. The summed E-state index contributed by atoms with van der Waals surface area (Å²) in [7, 11) is 2.62. The van der Waals surface area contributed by atoms with E-state index in [1.165, 1.54) is 27.4 Å². The van der Waals surface area contributed by atoms with Crippen LogP contribution in [0.3, 0.4) is 0 Å². The van der Waals surface area contributed by atoms with Crippen molar-refractivity contribution in [1.82, 2.24) is 9.55 Å². The van der Waals surface area contributed by atoms with Gasteiger partial charge in [-0.15, -0.1) is 0 Å². The second-order valence-electron chi connectivity index (χ2n) is 8.54. The molecule has 9 heteroatoms. The Morgan fingerprint density at radius 3 is 2.53 bits per heavy atom. The molecular formula is C25H24N2O7. The first-order chi connectivity index (χ1) is 16.3. The van der Waals surface area contributed by atoms with Crippen molar-refractivity contribution in [3.8, 4) is 0 Å². The van der Waals surface area contributed by atoms with Crippen molar-refractivity contribution in [2.45, 2.75) is 32.6 Å². The minimum atomic E-state index is -0.906. The van der Waals surface area contributed by atoms with Gasteiger partial charge in [0.25, 0.3) is 0 Å². The van der Waals surface area contributed by atoms with Crippen molar-refractivity contribution in [2.75, 3.05) is 14.2 Å². The van der Waals surface area contributed by atoms with E-state index in [0.717, 1.165) is 21.8 Å². The molecule has 0 radical (unpaired) electrons. The summed E-state index contributed by atoms with van der Waals surface area (Å²) >= 11 is 0. The number of ether oxygens (including phenoxy) is 4. The Morgan fingerprint density at radius 1 is 1.09 bits per heavy atom. The maximum atomic E-state index is 12.7. The minimum absolute atomic E-state index is 0.186. The average Bonchev–Trinajstić information content (AvgIpc) is 3.10. The molecule has 0 spiro atoms. The van der Waals surface area contributed by atoms with E-state index in [4.69, 9.17) is 18.9 Å². The van der Waals surface area contributed by atoms with Crippen LogP contribution in [0.1, 0.15) is 36.1 Å². The monoisotopic (exact) mass is 464 g/mol. The third-order valence-corrected chi connectivity index (χ3v) is 6.74. The van der Waals surface area contributed by atoms with Crippen LogP contribution in [-0.2, 0) is 35.0 Å². The van der Waals surface area contributed by atoms with Crippen LogP contribution in [0.25, 0.3) is 21.8 Å². The van der Waals surface area contributed by atoms with Gasteiger partial charge in [0.2, 0.25) is 6.29 Å². The van der Waals surface area contributed by atoms with Gasteiger partial charge in [0.1, 0.15) is 5.69 Å². The number of carbonyl (C=O) groups is 3. The van der Waals surface area contributed by atoms with Crippen molar-refractivity contribution in [3.05, 3.63) is 53.6 Å². The molecule has 0 N–H and O–H groups in total. The van der Waals surface area contributed by atoms with Crippen molar-refractivity contribution in [1.29, 1.82) is 0 Å². The van der Waals surface area contributed by atoms with E-state index in [1.54, 1.807) is 6.07 Å². The van der Waals surface area contributed by atoms with Crippen LogP contribution < -0.4 is 0 Å². The van der Waals surface area contributed by atoms with E-state index in [-0.39, 0.29) is 11.7 Å². The highest BCUT2D eigenvalue weighted by Crippen LogP contribution is 2.47. The van der Waals surface area contributed by atoms with Crippen LogP contribution >= 0.6 is 0 Å². The highest BCUT2D eigenvalue weighted by molar-refractivity contribution is 6.10. The first-order valence-corrected chi connectivity index (χ1v) is 11.0. The number of hydrogen-bond donors (Lipinski definition) is 0. The van der Waals surface area contributed by atoms with E-state index >= 15 is 0 Å². The first kappa shape index (κ1) is 21.9. The fourth-order valence-electron chi connectivity index (χ4n) is 5.36. The lowest BCUT2D eigenvalue weighted by molar-refractivity contribution is -0.188. The number of esters is 3. The molecule has 4 unspecified atom stereocenters. The standard InChI is InChI=1S/C25H24N2O7/c1-12-21-15(17(23(29)31-3)11-33-25(21)34-13(2)28)9-18-22-16(10-19(26-18)24(30)32-4)14-7-5-6-8-20(14)27(12)22/h5-8,10-12,15,21,25H,9H2,1-4H3. The van der Waals surface area contributed by atoms with Crippen LogP contribution in [0.5, 0.6) is 0 Å². The van der Waals surface area contributed by atoms with E-state index in [1.807, 2.05) is 31.2 Å². The Hall–Kier alpha value is -3.88. The highest BCUT2D eigenvalue weighted by Gasteiger charge is 2.47. The molecule has 4 atom stereocenters. The van der Waals surface area contributed by atoms with Crippen molar-refractivity contribution in [2.24, 2.45) is 11.8 Å². The normalized spacial score (nSPS) is 23.4. The molecule has 5 rings (SSSR count). The number of nitrogens with zero attached hydrogens (tertiary/aromatic N) is 2. The molecule has 176 valence electrons. The summed E-state index contributed by atoms with van der Waals surface area (Å²) in [5, 5.41) is 1.82. The molecule has 0 aliphatic carbocycles. The summed E-state index contributed by atoms with van der Waals surface area (Å²) in [5.41, 5.74) is 2.96. The molecule has 9 nitrogen and oxygen atoms in total. The number of carbonyl (C=O) groups excluding carboxylic acids is 3. The molecule has 0 amide bonds. The van der Waals surface area contributed by atoms with Gasteiger partial charge in [-0.05, 0) is 25.5 Å². The van der Waals surface area contributed by atoms with E-state index in [2.05, 4.69) is 9.55 Å². The zero-order valence-corrected chi connectivity index (χ0v) is 19.2. The SMILES string of the molecule is COC(=O)C1=COC(OC(C)=O)C2C1Cc1nc(C(=O)OC)cc3c4ccccc4n(c13)C2C. The van der Waals surface area contributed by atoms with Crippen molar-refractivity contribution < 1.29 is 33.3 Å². The predicted octanol–water partition coefficient (Wildman–Crippen LogP) is 3.30. The number of methoxy groups -OCH3 is 2. The molecule has 0 fully saturated rings. The summed E-state index contributed by atoms with van der Waals surface area (Å²) in [5.74, 6) is -2.40. The summed E-state index contributed by atoms with van der Waals surface area (Å²) in [4.78, 5) is 41.7. The van der Waals surface area contributed by atoms with Gasteiger partial charge in [0.05, 0.1) is 43.2 Å². The van der Waals surface area contributed by atoms with Gasteiger partial charge in [-0.2, -0.15) is 0 Å². The average molecular weight is 464 g/mol. The second kappa shape index (κ2) is 8.16. The molecule has 2 aliphatic heterocycles. The zero-order chi connectivity index (χ0) is 24.1. The Balaban J connectivity index is 1.81. The summed E-state index contributed by atoms with van der Waals surface area (Å²) in [6, 6.07) is 9.35. The lowest BCUT2D eigenvalue weighted by atomic mass is 9.77. The molecule has 2 aliphatic rings. The first-order valence-electron chi connectivity index (χ1n) is 11.0. The Kier molecular flexibility index (Phi) is 5.27. The number of hydrogen-bond acceptors (Lipinski definition) is 8. The largest absolute Gasteiger partial charge is 0.466 e. The van der Waals surface area contributed by atoms with Crippen molar-refractivity contribution >= 4 is 39.7 Å². The van der Waals surface area contributed by atoms with E-state index < -0.39 is 36.0 Å². The van der Waals surface area contributed by atoms with E-state index in [0.29, 0.717) is 17.7 Å². The third kappa shape index (κ3) is 3.22. The maximum absolute atomic E-state index is 12.7. The van der Waals surface area contributed by atoms with Gasteiger partial charge in [0, 0.05) is 35.2 Å². The van der Waals surface area contributed by atoms with Gasteiger partial charge in [0.15, 0.2) is 0 Å². The van der Waals surface area contributed by atoms with Gasteiger partial charge < -0.3 is 23.5 Å². The second-order valence-corrected chi connectivity index (χ2v) is 8.54. The lowest BCUT2D eigenvalue weighted by Crippen LogP contribution is -2.43. The highest BCUT2D eigenvalue weighted by atomic mass is 16.7. The minimum Gasteiger partial charge on any atom is -0.466 e. The van der Waals surface area contributed by atoms with Crippen LogP contribution in [0.4, 0.5) is 0 Å². The third-order valence-electron chi connectivity index (χ3n) is 6.74. The van der Waals surface area contributed by atoms with Gasteiger partial charge >= 0.3 is 17.9 Å². The van der Waals surface area contributed by atoms with Gasteiger partial charge in [-0.1, -0.05) is 18.2 Å². The Labute approximate surface area is 195 Å². The molecule has 0 saturated carbocycles. The summed E-state index contributed by atoms with van der Waals surface area (Å²) in [6.07, 6.45) is 0.721. The molecule has 4 heterocycles. The molecule has 0 bridgehead atoms. The molecule has 0 saturated heterocycles. The summed E-state index contributed by atoms with van der Waals surface area (Å²) < 4.78 is 23.4. The van der Waals surface area contributed by atoms with Crippen LogP contribution in [0, 0.1) is 11.8 Å². The fourth-order valence-corrected chi connectivity index (χ4v) is 5.36. The maximum Gasteiger partial charge on any atom is 0.356 e.